The van der Waals surface area contributed by atoms with Crippen molar-refractivity contribution in [3.63, 3.8) is 0 Å². The van der Waals surface area contributed by atoms with Crippen LogP contribution in [0.4, 0.5) is 0 Å². The van der Waals surface area contributed by atoms with Gasteiger partial charge in [0.05, 0.1) is 6.29 Å². The Morgan fingerprint density at radius 3 is 1.82 bits per heavy atom. The van der Waals surface area contributed by atoms with Gasteiger partial charge in [0, 0.05) is 10.6 Å². The van der Waals surface area contributed by atoms with Crippen LogP contribution in [0.2, 0.25) is 0 Å². The molecule has 116 valence electrons. The molecular formula is C19H24NOP. The van der Waals surface area contributed by atoms with Gasteiger partial charge in [-0.1, -0.05) is 67.6 Å². The minimum absolute atomic E-state index is 0.660. The maximum absolute atomic E-state index is 13.9. The van der Waals surface area contributed by atoms with Crippen molar-refractivity contribution < 1.29 is 4.57 Å². The predicted octanol–water partition coefficient (Wildman–Crippen LogP) is 3.69. The summed E-state index contributed by atoms with van der Waals surface area (Å²) in [5, 5.41) is 1.94. The second kappa shape index (κ2) is 6.81. The Hall–Kier alpha value is -1.37. The molecule has 3 heteroatoms. The first-order chi connectivity index (χ1) is 10.7. The Balaban J connectivity index is 1.92. The van der Waals surface area contributed by atoms with E-state index in [0.29, 0.717) is 6.29 Å². The second-order valence-electron chi connectivity index (χ2n) is 6.35. The summed E-state index contributed by atoms with van der Waals surface area (Å²) in [7, 11) is -2.59. The van der Waals surface area contributed by atoms with Crippen LogP contribution < -0.4 is 10.6 Å². The van der Waals surface area contributed by atoms with E-state index in [1.54, 1.807) is 0 Å². The van der Waals surface area contributed by atoms with Gasteiger partial charge in [0.2, 0.25) is 0 Å². The molecule has 22 heavy (non-hydrogen) atoms. The minimum atomic E-state index is -2.59. The Labute approximate surface area is 133 Å². The molecule has 0 bridgehead atoms. The van der Waals surface area contributed by atoms with Crippen LogP contribution in [0.25, 0.3) is 0 Å². The van der Waals surface area contributed by atoms with Crippen LogP contribution in [-0.2, 0) is 4.57 Å². The van der Waals surface area contributed by atoms with Gasteiger partial charge in [0.15, 0.2) is 7.14 Å². The molecule has 1 fully saturated rings. The van der Waals surface area contributed by atoms with Gasteiger partial charge in [-0.3, -0.25) is 4.90 Å². The van der Waals surface area contributed by atoms with Crippen LogP contribution in [-0.4, -0.2) is 24.3 Å². The summed E-state index contributed by atoms with van der Waals surface area (Å²) in [4.78, 5) is 2.39. The van der Waals surface area contributed by atoms with Crippen molar-refractivity contribution in [3.05, 3.63) is 60.7 Å². The first-order valence-electron chi connectivity index (χ1n) is 8.11. The summed E-state index contributed by atoms with van der Waals surface area (Å²) in [6.45, 7) is 4.43. The summed E-state index contributed by atoms with van der Waals surface area (Å²) in [5.41, 5.74) is 0. The summed E-state index contributed by atoms with van der Waals surface area (Å²) < 4.78 is 13.9. The molecule has 0 saturated carbocycles. The molecule has 0 radical (unpaired) electrons. The molecule has 0 aliphatic carbocycles. The second-order valence-corrected chi connectivity index (χ2v) is 9.15. The van der Waals surface area contributed by atoms with Crippen molar-refractivity contribution in [2.75, 3.05) is 19.4 Å². The van der Waals surface area contributed by atoms with Gasteiger partial charge >= 0.3 is 0 Å². The van der Waals surface area contributed by atoms with Crippen molar-refractivity contribution in [1.29, 1.82) is 0 Å². The molecule has 1 aliphatic heterocycles. The van der Waals surface area contributed by atoms with E-state index in [1.165, 1.54) is 12.8 Å². The largest absolute Gasteiger partial charge is 0.312 e. The summed E-state index contributed by atoms with van der Waals surface area (Å²) in [5.74, 6) is 0.795. The molecule has 2 nitrogen and oxygen atoms in total. The molecule has 0 spiro atoms. The van der Waals surface area contributed by atoms with E-state index < -0.39 is 7.14 Å². The number of hydrogen-bond acceptors (Lipinski definition) is 2. The fourth-order valence-electron chi connectivity index (χ4n) is 3.14. The van der Waals surface area contributed by atoms with Crippen LogP contribution in [0, 0.1) is 5.92 Å². The lowest BCUT2D eigenvalue weighted by Crippen LogP contribution is -2.36. The van der Waals surface area contributed by atoms with Crippen LogP contribution >= 0.6 is 7.14 Å². The Bertz CT molecular complexity index is 589. The fraction of sp³-hybridized carbons (Fsp3) is 0.368. The third kappa shape index (κ3) is 3.34. The molecule has 1 heterocycles. The first-order valence-corrected chi connectivity index (χ1v) is 10.0. The lowest BCUT2D eigenvalue weighted by Gasteiger charge is -2.33. The molecule has 0 aromatic heterocycles. The third-order valence-corrected chi connectivity index (χ3v) is 7.68. The zero-order chi connectivity index (χ0) is 15.4. The van der Waals surface area contributed by atoms with Gasteiger partial charge in [-0.05, 0) is 31.8 Å². The van der Waals surface area contributed by atoms with Crippen molar-refractivity contribution in [2.45, 2.75) is 19.8 Å². The lowest BCUT2D eigenvalue weighted by molar-refractivity contribution is 0.218. The average Bonchev–Trinajstić information content (AvgIpc) is 2.58. The van der Waals surface area contributed by atoms with Gasteiger partial charge in [-0.25, -0.2) is 0 Å². The van der Waals surface area contributed by atoms with Gasteiger partial charge in [-0.15, -0.1) is 0 Å². The Morgan fingerprint density at radius 2 is 1.36 bits per heavy atom. The van der Waals surface area contributed by atoms with E-state index in [9.17, 15) is 4.57 Å². The molecule has 2 aromatic rings. The molecule has 3 rings (SSSR count). The normalized spacial score (nSPS) is 17.5. The maximum atomic E-state index is 13.9. The molecule has 1 aliphatic rings. The number of hydrogen-bond donors (Lipinski definition) is 0. The van der Waals surface area contributed by atoms with Gasteiger partial charge in [0.25, 0.3) is 0 Å². The maximum Gasteiger partial charge on any atom is 0.156 e. The molecule has 0 atom stereocenters. The zero-order valence-corrected chi connectivity index (χ0v) is 14.1. The Morgan fingerprint density at radius 1 is 0.909 bits per heavy atom. The first kappa shape index (κ1) is 15.5. The third-order valence-electron chi connectivity index (χ3n) is 4.62. The number of nitrogens with zero attached hydrogens (tertiary/aromatic N) is 1. The highest BCUT2D eigenvalue weighted by Crippen LogP contribution is 2.44. The smallest absolute Gasteiger partial charge is 0.156 e. The van der Waals surface area contributed by atoms with Gasteiger partial charge in [0.1, 0.15) is 0 Å². The highest BCUT2D eigenvalue weighted by Gasteiger charge is 2.30. The fourth-order valence-corrected chi connectivity index (χ4v) is 5.91. The highest BCUT2D eigenvalue weighted by molar-refractivity contribution is 7.78. The van der Waals surface area contributed by atoms with E-state index in [0.717, 1.165) is 29.6 Å². The lowest BCUT2D eigenvalue weighted by atomic mass is 10.00. The van der Waals surface area contributed by atoms with E-state index in [-0.39, 0.29) is 0 Å². The SMILES string of the molecule is CC1CCN(CP(=O)(c2ccccc2)c2ccccc2)CC1. The van der Waals surface area contributed by atoms with E-state index in [2.05, 4.69) is 11.8 Å². The van der Waals surface area contributed by atoms with Crippen molar-refractivity contribution in [2.24, 2.45) is 5.92 Å². The number of rotatable bonds is 4. The van der Waals surface area contributed by atoms with Crippen LogP contribution in [0.3, 0.4) is 0 Å². The van der Waals surface area contributed by atoms with Crippen LogP contribution in [0.5, 0.6) is 0 Å². The summed E-state index contributed by atoms with van der Waals surface area (Å²) >= 11 is 0. The molecule has 2 aromatic carbocycles. The quantitative estimate of drug-likeness (QED) is 0.802. The Kier molecular flexibility index (Phi) is 4.81. The average molecular weight is 313 g/mol. The van der Waals surface area contributed by atoms with Crippen LogP contribution in [0.15, 0.2) is 60.7 Å². The molecular weight excluding hydrogens is 289 g/mol. The van der Waals surface area contributed by atoms with Crippen molar-refractivity contribution >= 4 is 17.8 Å². The summed E-state index contributed by atoms with van der Waals surface area (Å²) in [6, 6.07) is 20.0. The van der Waals surface area contributed by atoms with E-state index in [1.807, 2.05) is 60.7 Å². The van der Waals surface area contributed by atoms with E-state index >= 15 is 0 Å². The molecule has 0 amide bonds. The molecule has 0 unspecified atom stereocenters. The number of likely N-dealkylation sites (tertiary alicyclic amines) is 1. The summed E-state index contributed by atoms with van der Waals surface area (Å²) in [6.07, 6.45) is 3.08. The number of benzene rings is 2. The van der Waals surface area contributed by atoms with Crippen molar-refractivity contribution in [1.82, 2.24) is 4.90 Å². The minimum Gasteiger partial charge on any atom is -0.312 e. The van der Waals surface area contributed by atoms with Crippen LogP contribution in [0.1, 0.15) is 19.8 Å². The zero-order valence-electron chi connectivity index (χ0n) is 13.2. The monoisotopic (exact) mass is 313 g/mol. The van der Waals surface area contributed by atoms with Gasteiger partial charge in [-0.2, -0.15) is 0 Å². The van der Waals surface area contributed by atoms with Gasteiger partial charge < -0.3 is 4.57 Å². The predicted molar refractivity (Wildman–Crippen MR) is 94.6 cm³/mol. The topological polar surface area (TPSA) is 20.3 Å². The van der Waals surface area contributed by atoms with E-state index in [4.69, 9.17) is 0 Å². The molecule has 0 N–H and O–H groups in total. The number of piperidine rings is 1. The molecule has 1 saturated heterocycles. The van der Waals surface area contributed by atoms with Crippen molar-refractivity contribution in [3.8, 4) is 0 Å². The standard InChI is InChI=1S/C19H24NOP/c1-17-12-14-20(15-13-17)16-22(21,18-8-4-2-5-9-18)19-10-6-3-7-11-19/h2-11,17H,12-16H2,1H3. The highest BCUT2D eigenvalue weighted by atomic mass is 31.2.